The molecule has 1 amide bonds. The van der Waals surface area contributed by atoms with Crippen LogP contribution >= 0.6 is 0 Å². The number of primary amides is 1. The zero-order valence-corrected chi connectivity index (χ0v) is 14.6. The number of aromatic amines is 1. The maximum Gasteiger partial charge on any atom is 0.415 e. The van der Waals surface area contributed by atoms with Gasteiger partial charge in [0.15, 0.2) is 6.10 Å². The fraction of sp³-hybridized carbons (Fsp3) is 0.375. The van der Waals surface area contributed by atoms with Gasteiger partial charge in [-0.2, -0.15) is 18.3 Å². The summed E-state index contributed by atoms with van der Waals surface area (Å²) in [6.07, 6.45) is -5.94. The van der Waals surface area contributed by atoms with Crippen LogP contribution in [0.15, 0.2) is 30.5 Å². The van der Waals surface area contributed by atoms with Crippen molar-refractivity contribution >= 4 is 17.4 Å². The van der Waals surface area contributed by atoms with Gasteiger partial charge in [0, 0.05) is 11.1 Å². The lowest BCUT2D eigenvalue weighted by molar-refractivity contribution is -0.221. The lowest BCUT2D eigenvalue weighted by atomic mass is 9.79. The second kappa shape index (κ2) is 8.19. The number of rotatable bonds is 5. The van der Waals surface area contributed by atoms with E-state index in [-0.39, 0.29) is 11.4 Å². The van der Waals surface area contributed by atoms with Crippen molar-refractivity contribution in [2.45, 2.75) is 31.5 Å². The van der Waals surface area contributed by atoms with E-state index in [2.05, 4.69) is 21.2 Å². The Kier molecular flexibility index (Phi) is 6.76. The molecule has 0 saturated carbocycles. The predicted molar refractivity (Wildman–Crippen MR) is 92.0 cm³/mol. The summed E-state index contributed by atoms with van der Waals surface area (Å²) in [5, 5.41) is 18.7. The average molecular weight is 373 g/mol. The topological polar surface area (TPSA) is 130 Å². The predicted octanol–water partition coefficient (Wildman–Crippen LogP) is 2.03. The Morgan fingerprint density at radius 2 is 1.77 bits per heavy atom. The van der Waals surface area contributed by atoms with Crippen molar-refractivity contribution < 1.29 is 23.1 Å². The van der Waals surface area contributed by atoms with Crippen LogP contribution in [0.4, 0.5) is 24.7 Å². The number of alkyl halides is 3. The van der Waals surface area contributed by atoms with E-state index in [1.807, 2.05) is 0 Å². The molecule has 0 aliphatic heterocycles. The molecule has 0 saturated heterocycles. The number of H-pyrrole nitrogens is 1. The van der Waals surface area contributed by atoms with E-state index in [0.717, 1.165) is 0 Å². The molecule has 0 radical (unpaired) electrons. The minimum Gasteiger partial charge on any atom is -0.383 e. The van der Waals surface area contributed by atoms with Crippen LogP contribution < -0.4 is 16.8 Å². The molecule has 0 spiro atoms. The van der Waals surface area contributed by atoms with Gasteiger partial charge in [0.1, 0.15) is 11.4 Å². The van der Waals surface area contributed by atoms with Gasteiger partial charge < -0.3 is 21.9 Å². The Morgan fingerprint density at radius 3 is 2.23 bits per heavy atom. The van der Waals surface area contributed by atoms with Crippen molar-refractivity contribution in [1.29, 1.82) is 0 Å². The minimum absolute atomic E-state index is 0.159. The number of aliphatic hydroxyl groups excluding tert-OH is 1. The maximum atomic E-state index is 12.8. The van der Waals surface area contributed by atoms with E-state index in [1.54, 1.807) is 0 Å². The number of anilines is 2. The number of nitrogens with two attached hydrogens (primary N) is 2. The van der Waals surface area contributed by atoms with Gasteiger partial charge in [-0.05, 0) is 24.7 Å². The first-order valence-corrected chi connectivity index (χ1v) is 7.56. The minimum atomic E-state index is -4.72. The van der Waals surface area contributed by atoms with Crippen molar-refractivity contribution in [2.24, 2.45) is 11.5 Å². The van der Waals surface area contributed by atoms with Crippen molar-refractivity contribution in [3.8, 4) is 0 Å². The zero-order chi connectivity index (χ0) is 20.1. The molecular weight excluding hydrogens is 351 g/mol. The lowest BCUT2D eigenvalue weighted by Crippen LogP contribution is -2.44. The van der Waals surface area contributed by atoms with Crippen LogP contribution in [-0.4, -0.2) is 40.5 Å². The molecule has 1 heterocycles. The Hall–Kier alpha value is -2.59. The van der Waals surface area contributed by atoms with Crippen LogP contribution in [-0.2, 0) is 5.41 Å². The Morgan fingerprint density at radius 1 is 1.23 bits per heavy atom. The van der Waals surface area contributed by atoms with Gasteiger partial charge in [-0.3, -0.25) is 9.89 Å². The Labute approximate surface area is 148 Å². The number of hydrogen-bond acceptors (Lipinski definition) is 5. The standard InChI is InChI=1S/C15H17F3N4O2.CH5N/c1-14(2,13(24)15(16,17)18)8-3-5-9(6-4-8)21-12-10(11(19)23)7-20-22-12;1-2/h3-7,13,24H,1-2H3,(H2,19,23)(H2,20,21,22);2H2,1H3. The number of halogens is 3. The number of aromatic nitrogens is 2. The quantitative estimate of drug-likeness (QED) is 0.547. The fourth-order valence-corrected chi connectivity index (χ4v) is 2.26. The Balaban J connectivity index is 0.00000163. The number of nitrogens with zero attached hydrogens (tertiary/aromatic N) is 1. The third-order valence-electron chi connectivity index (χ3n) is 3.80. The molecule has 26 heavy (non-hydrogen) atoms. The van der Waals surface area contributed by atoms with Crippen molar-refractivity contribution in [3.63, 3.8) is 0 Å². The van der Waals surface area contributed by atoms with Crippen LogP contribution in [0.1, 0.15) is 29.8 Å². The molecule has 7 nitrogen and oxygen atoms in total. The van der Waals surface area contributed by atoms with Gasteiger partial charge in [0.25, 0.3) is 5.91 Å². The maximum absolute atomic E-state index is 12.8. The van der Waals surface area contributed by atoms with Gasteiger partial charge >= 0.3 is 6.18 Å². The largest absolute Gasteiger partial charge is 0.415 e. The molecule has 0 aliphatic carbocycles. The summed E-state index contributed by atoms with van der Waals surface area (Å²) >= 11 is 0. The van der Waals surface area contributed by atoms with Crippen molar-refractivity contribution in [3.05, 3.63) is 41.6 Å². The second-order valence-corrected chi connectivity index (χ2v) is 5.89. The van der Waals surface area contributed by atoms with Gasteiger partial charge in [0.2, 0.25) is 0 Å². The van der Waals surface area contributed by atoms with E-state index >= 15 is 0 Å². The number of amides is 1. The average Bonchev–Trinajstić information content (AvgIpc) is 3.04. The van der Waals surface area contributed by atoms with Gasteiger partial charge in [0.05, 0.1) is 6.20 Å². The Bertz CT molecular complexity index is 726. The first kappa shape index (κ1) is 21.5. The van der Waals surface area contributed by atoms with E-state index in [4.69, 9.17) is 5.73 Å². The molecule has 0 fully saturated rings. The SMILES string of the molecule is CC(C)(c1ccc(Nc2[nH]ncc2C(N)=O)cc1)C(O)C(F)(F)F.CN. The number of hydrogen-bond donors (Lipinski definition) is 5. The number of aliphatic hydroxyl groups is 1. The van der Waals surface area contributed by atoms with E-state index in [1.165, 1.54) is 51.4 Å². The highest BCUT2D eigenvalue weighted by atomic mass is 19.4. The molecule has 0 aliphatic rings. The van der Waals surface area contributed by atoms with E-state index < -0.39 is 23.6 Å². The van der Waals surface area contributed by atoms with Gasteiger partial charge in [-0.15, -0.1) is 0 Å². The summed E-state index contributed by atoms with van der Waals surface area (Å²) in [4.78, 5) is 11.2. The van der Waals surface area contributed by atoms with Crippen LogP contribution in [0.3, 0.4) is 0 Å². The molecule has 144 valence electrons. The fourth-order valence-electron chi connectivity index (χ4n) is 2.26. The van der Waals surface area contributed by atoms with Gasteiger partial charge in [-0.1, -0.05) is 26.0 Å². The smallest absolute Gasteiger partial charge is 0.383 e. The number of benzene rings is 1. The second-order valence-electron chi connectivity index (χ2n) is 5.89. The summed E-state index contributed by atoms with van der Waals surface area (Å²) in [6.45, 7) is 2.63. The molecule has 1 atom stereocenters. The van der Waals surface area contributed by atoms with Crippen molar-refractivity contribution in [2.75, 3.05) is 12.4 Å². The summed E-state index contributed by atoms with van der Waals surface area (Å²) < 4.78 is 38.3. The number of carbonyl (C=O) groups excluding carboxylic acids is 1. The van der Waals surface area contributed by atoms with Crippen LogP contribution in [0.5, 0.6) is 0 Å². The lowest BCUT2D eigenvalue weighted by Gasteiger charge is -2.32. The zero-order valence-electron chi connectivity index (χ0n) is 14.6. The monoisotopic (exact) mass is 373 g/mol. The molecule has 7 N–H and O–H groups in total. The third-order valence-corrected chi connectivity index (χ3v) is 3.80. The normalized spacial score (nSPS) is 12.8. The molecule has 2 rings (SSSR count). The molecule has 1 aromatic carbocycles. The molecule has 1 unspecified atom stereocenters. The number of nitrogens with one attached hydrogen (secondary N) is 2. The van der Waals surface area contributed by atoms with Crippen molar-refractivity contribution in [1.82, 2.24) is 10.2 Å². The highest BCUT2D eigenvalue weighted by Crippen LogP contribution is 2.37. The highest BCUT2D eigenvalue weighted by Gasteiger charge is 2.48. The molecular formula is C16H22F3N5O2. The first-order chi connectivity index (χ1) is 12.0. The molecule has 2 aromatic rings. The molecule has 10 heteroatoms. The first-order valence-electron chi connectivity index (χ1n) is 7.56. The summed E-state index contributed by atoms with van der Waals surface area (Å²) in [5.41, 5.74) is 9.18. The van der Waals surface area contributed by atoms with Gasteiger partial charge in [-0.25, -0.2) is 0 Å². The number of carbonyl (C=O) groups is 1. The van der Waals surface area contributed by atoms with E-state index in [9.17, 15) is 23.1 Å². The summed E-state index contributed by atoms with van der Waals surface area (Å²) in [7, 11) is 1.50. The molecule has 0 bridgehead atoms. The van der Waals surface area contributed by atoms with Crippen LogP contribution in [0.2, 0.25) is 0 Å². The van der Waals surface area contributed by atoms with Crippen LogP contribution in [0.25, 0.3) is 0 Å². The van der Waals surface area contributed by atoms with Crippen LogP contribution in [0, 0.1) is 0 Å². The molecule has 1 aromatic heterocycles. The summed E-state index contributed by atoms with van der Waals surface area (Å²) in [6, 6.07) is 6.01. The highest BCUT2D eigenvalue weighted by molar-refractivity contribution is 5.97. The third kappa shape index (κ3) is 4.73. The van der Waals surface area contributed by atoms with E-state index in [0.29, 0.717) is 11.3 Å². The summed E-state index contributed by atoms with van der Waals surface area (Å²) in [5.74, 6) is -0.387.